The largest absolute Gasteiger partial charge is 0.458 e. The fourth-order valence-corrected chi connectivity index (χ4v) is 1.96. The topological polar surface area (TPSA) is 33.4 Å². The Morgan fingerprint density at radius 1 is 1.29 bits per heavy atom. The molecule has 72 valence electrons. The van der Waals surface area contributed by atoms with Crippen LogP contribution >= 0.6 is 0 Å². The standard InChI is InChI=1S/C12H12O2/c1-8-9-4-2-3-5-10(9)14-11(8)12(13)6-7-12/h2-5,13H,6-7H2,1H3. The van der Waals surface area contributed by atoms with Crippen molar-refractivity contribution in [1.29, 1.82) is 0 Å². The fourth-order valence-electron chi connectivity index (χ4n) is 1.96. The van der Waals surface area contributed by atoms with Crippen LogP contribution in [0.4, 0.5) is 0 Å². The molecule has 14 heavy (non-hydrogen) atoms. The summed E-state index contributed by atoms with van der Waals surface area (Å²) in [5, 5.41) is 11.1. The van der Waals surface area contributed by atoms with E-state index in [0.29, 0.717) is 0 Å². The molecule has 0 amide bonds. The summed E-state index contributed by atoms with van der Waals surface area (Å²) in [7, 11) is 0. The van der Waals surface area contributed by atoms with Gasteiger partial charge in [0, 0.05) is 10.9 Å². The molecule has 0 aliphatic heterocycles. The van der Waals surface area contributed by atoms with Crippen LogP contribution in [0.15, 0.2) is 28.7 Å². The van der Waals surface area contributed by atoms with Crippen LogP contribution in [-0.2, 0) is 5.60 Å². The van der Waals surface area contributed by atoms with Crippen LogP contribution in [0, 0.1) is 6.92 Å². The Morgan fingerprint density at radius 3 is 2.64 bits per heavy atom. The van der Waals surface area contributed by atoms with Gasteiger partial charge >= 0.3 is 0 Å². The summed E-state index contributed by atoms with van der Waals surface area (Å²) >= 11 is 0. The summed E-state index contributed by atoms with van der Waals surface area (Å²) in [6.07, 6.45) is 1.65. The highest BCUT2D eigenvalue weighted by Crippen LogP contribution is 2.48. The lowest BCUT2D eigenvalue weighted by Gasteiger charge is -2.03. The molecule has 2 aromatic rings. The van der Waals surface area contributed by atoms with Crippen LogP contribution in [0.25, 0.3) is 11.0 Å². The van der Waals surface area contributed by atoms with Gasteiger partial charge in [-0.1, -0.05) is 18.2 Å². The van der Waals surface area contributed by atoms with Crippen molar-refractivity contribution in [2.75, 3.05) is 0 Å². The van der Waals surface area contributed by atoms with Crippen molar-refractivity contribution in [3.8, 4) is 0 Å². The summed E-state index contributed by atoms with van der Waals surface area (Å²) in [5.41, 5.74) is 1.30. The van der Waals surface area contributed by atoms with Gasteiger partial charge in [-0.3, -0.25) is 0 Å². The molecule has 0 spiro atoms. The van der Waals surface area contributed by atoms with Crippen molar-refractivity contribution in [3.05, 3.63) is 35.6 Å². The minimum absolute atomic E-state index is 0.664. The van der Waals surface area contributed by atoms with E-state index >= 15 is 0 Å². The smallest absolute Gasteiger partial charge is 0.139 e. The zero-order valence-electron chi connectivity index (χ0n) is 8.08. The Labute approximate surface area is 82.2 Å². The van der Waals surface area contributed by atoms with E-state index in [-0.39, 0.29) is 0 Å². The Balaban J connectivity index is 2.31. The maximum Gasteiger partial charge on any atom is 0.139 e. The van der Waals surface area contributed by atoms with Gasteiger partial charge in [0.25, 0.3) is 0 Å². The second-order valence-electron chi connectivity index (χ2n) is 4.08. The first kappa shape index (κ1) is 8.06. The monoisotopic (exact) mass is 188 g/mol. The molecule has 2 heteroatoms. The minimum Gasteiger partial charge on any atom is -0.458 e. The molecule has 1 saturated carbocycles. The van der Waals surface area contributed by atoms with Crippen LogP contribution in [0.3, 0.4) is 0 Å². The molecule has 1 aromatic carbocycles. The first-order chi connectivity index (χ1) is 6.71. The third-order valence-electron chi connectivity index (χ3n) is 2.99. The van der Waals surface area contributed by atoms with E-state index in [1.165, 1.54) is 0 Å². The highest BCUT2D eigenvalue weighted by molar-refractivity contribution is 5.82. The number of hydrogen-bond acceptors (Lipinski definition) is 2. The zero-order chi connectivity index (χ0) is 9.76. The molecule has 1 N–H and O–H groups in total. The molecule has 1 heterocycles. The number of hydrogen-bond donors (Lipinski definition) is 1. The Bertz CT molecular complexity index is 492. The molecular formula is C12H12O2. The molecule has 1 aromatic heterocycles. The molecule has 1 fully saturated rings. The minimum atomic E-state index is -0.664. The second kappa shape index (κ2) is 2.39. The van der Waals surface area contributed by atoms with E-state index in [9.17, 15) is 5.11 Å². The molecule has 2 nitrogen and oxygen atoms in total. The SMILES string of the molecule is Cc1c(C2(O)CC2)oc2ccccc12. The summed E-state index contributed by atoms with van der Waals surface area (Å²) < 4.78 is 5.68. The number of furan rings is 1. The average Bonchev–Trinajstić information content (AvgIpc) is 2.84. The number of aliphatic hydroxyl groups is 1. The zero-order valence-corrected chi connectivity index (χ0v) is 8.08. The predicted molar refractivity (Wildman–Crippen MR) is 54.1 cm³/mol. The first-order valence-corrected chi connectivity index (χ1v) is 4.92. The van der Waals surface area contributed by atoms with Crippen molar-refractivity contribution < 1.29 is 9.52 Å². The maximum absolute atomic E-state index is 9.99. The van der Waals surface area contributed by atoms with Crippen LogP contribution < -0.4 is 0 Å². The van der Waals surface area contributed by atoms with E-state index < -0.39 is 5.60 Å². The summed E-state index contributed by atoms with van der Waals surface area (Å²) in [6, 6.07) is 7.92. The lowest BCUT2D eigenvalue weighted by molar-refractivity contribution is 0.124. The quantitative estimate of drug-likeness (QED) is 0.746. The predicted octanol–water partition coefficient (Wildman–Crippen LogP) is 2.72. The highest BCUT2D eigenvalue weighted by atomic mass is 16.4. The molecule has 0 unspecified atom stereocenters. The molecule has 1 aliphatic carbocycles. The van der Waals surface area contributed by atoms with Gasteiger partial charge in [-0.25, -0.2) is 0 Å². The van der Waals surface area contributed by atoms with Gasteiger partial charge in [0.2, 0.25) is 0 Å². The maximum atomic E-state index is 9.99. The molecule has 0 atom stereocenters. The van der Waals surface area contributed by atoms with Crippen molar-refractivity contribution in [2.45, 2.75) is 25.4 Å². The van der Waals surface area contributed by atoms with E-state index in [1.54, 1.807) is 0 Å². The number of para-hydroxylation sites is 1. The third kappa shape index (κ3) is 0.946. The number of benzene rings is 1. The molecule has 1 aliphatic rings. The summed E-state index contributed by atoms with van der Waals surface area (Å²) in [5.74, 6) is 0.763. The van der Waals surface area contributed by atoms with Crippen LogP contribution in [0.5, 0.6) is 0 Å². The van der Waals surface area contributed by atoms with E-state index in [4.69, 9.17) is 4.42 Å². The number of aryl methyl sites for hydroxylation is 1. The van der Waals surface area contributed by atoms with Gasteiger partial charge in [0.15, 0.2) is 0 Å². The highest BCUT2D eigenvalue weighted by Gasteiger charge is 2.46. The molecule has 0 radical (unpaired) electrons. The van der Waals surface area contributed by atoms with Gasteiger partial charge in [-0.05, 0) is 25.8 Å². The van der Waals surface area contributed by atoms with Gasteiger partial charge in [-0.2, -0.15) is 0 Å². The van der Waals surface area contributed by atoms with Gasteiger partial charge in [0.1, 0.15) is 16.9 Å². The third-order valence-corrected chi connectivity index (χ3v) is 2.99. The van der Waals surface area contributed by atoms with Crippen molar-refractivity contribution >= 4 is 11.0 Å². The van der Waals surface area contributed by atoms with Crippen molar-refractivity contribution in [2.24, 2.45) is 0 Å². The Morgan fingerprint density at radius 2 is 2.00 bits per heavy atom. The molecule has 0 bridgehead atoms. The first-order valence-electron chi connectivity index (χ1n) is 4.92. The van der Waals surface area contributed by atoms with Crippen LogP contribution in [0.2, 0.25) is 0 Å². The van der Waals surface area contributed by atoms with Crippen LogP contribution in [-0.4, -0.2) is 5.11 Å². The normalized spacial score (nSPS) is 18.7. The van der Waals surface area contributed by atoms with Crippen molar-refractivity contribution in [3.63, 3.8) is 0 Å². The van der Waals surface area contributed by atoms with Gasteiger partial charge in [0.05, 0.1) is 0 Å². The summed E-state index contributed by atoms with van der Waals surface area (Å²) in [4.78, 5) is 0. The number of fused-ring (bicyclic) bond motifs is 1. The second-order valence-corrected chi connectivity index (χ2v) is 4.08. The van der Waals surface area contributed by atoms with E-state index in [2.05, 4.69) is 0 Å². The average molecular weight is 188 g/mol. The lowest BCUT2D eigenvalue weighted by Crippen LogP contribution is -2.03. The Kier molecular flexibility index (Phi) is 1.38. The van der Waals surface area contributed by atoms with Gasteiger partial charge < -0.3 is 9.52 Å². The van der Waals surface area contributed by atoms with Crippen molar-refractivity contribution in [1.82, 2.24) is 0 Å². The lowest BCUT2D eigenvalue weighted by atomic mass is 10.1. The fraction of sp³-hybridized carbons (Fsp3) is 0.333. The summed E-state index contributed by atoms with van der Waals surface area (Å²) in [6.45, 7) is 2.01. The number of rotatable bonds is 1. The van der Waals surface area contributed by atoms with E-state index in [1.807, 2.05) is 31.2 Å². The Hall–Kier alpha value is -1.28. The molecular weight excluding hydrogens is 176 g/mol. The van der Waals surface area contributed by atoms with Gasteiger partial charge in [-0.15, -0.1) is 0 Å². The van der Waals surface area contributed by atoms with E-state index in [0.717, 1.165) is 35.1 Å². The molecule has 0 saturated heterocycles. The van der Waals surface area contributed by atoms with Crippen LogP contribution in [0.1, 0.15) is 24.2 Å². The molecule has 3 rings (SSSR count).